The molecule has 6 nitrogen and oxygen atoms in total. The average Bonchev–Trinajstić information content (AvgIpc) is 3.42. The predicted molar refractivity (Wildman–Crippen MR) is 179 cm³/mol. The van der Waals surface area contributed by atoms with E-state index in [2.05, 4.69) is 52.9 Å². The number of hydrogen-bond donors (Lipinski definition) is 1. The van der Waals surface area contributed by atoms with Crippen molar-refractivity contribution in [1.82, 2.24) is 9.99 Å². The second-order valence-electron chi connectivity index (χ2n) is 10.0. The van der Waals surface area contributed by atoms with E-state index in [1.165, 1.54) is 0 Å². The molecule has 0 aliphatic carbocycles. The minimum absolute atomic E-state index is 0.232. The van der Waals surface area contributed by atoms with Crippen molar-refractivity contribution in [2.75, 3.05) is 7.11 Å². The Labute approximate surface area is 267 Å². The lowest BCUT2D eigenvalue weighted by atomic mass is 10.1. The molecule has 0 saturated carbocycles. The molecule has 0 spiro atoms. The summed E-state index contributed by atoms with van der Waals surface area (Å²) >= 11 is 12.3. The number of aryl methyl sites for hydroxylation is 1. The number of hydrogen-bond acceptors (Lipinski definition) is 4. The van der Waals surface area contributed by atoms with Gasteiger partial charge in [-0.25, -0.2) is 5.43 Å². The van der Waals surface area contributed by atoms with Crippen molar-refractivity contribution in [1.29, 1.82) is 0 Å². The van der Waals surface area contributed by atoms with E-state index in [4.69, 9.17) is 32.7 Å². The first-order chi connectivity index (χ1) is 21.4. The number of halogens is 2. The normalized spacial score (nSPS) is 11.0. The van der Waals surface area contributed by atoms with Gasteiger partial charge in [-0.2, -0.15) is 5.10 Å². The van der Waals surface area contributed by atoms with Crippen molar-refractivity contribution >= 4 is 35.3 Å². The van der Waals surface area contributed by atoms with E-state index >= 15 is 0 Å². The average molecular weight is 625 g/mol. The SMILES string of the molecule is C=CCc1cc(/C=N/NC(=O)c2ccc(-n3c(C)ccc3-c3ccccc3)cc2)cc(OC)c1OCc1ccc(Cl)cc1Cl. The highest BCUT2D eigenvalue weighted by Crippen LogP contribution is 2.35. The van der Waals surface area contributed by atoms with E-state index in [0.717, 1.165) is 39.3 Å². The fraction of sp³-hybridized carbons (Fsp3) is 0.111. The van der Waals surface area contributed by atoms with E-state index in [1.807, 2.05) is 42.5 Å². The Morgan fingerprint density at radius 1 is 0.955 bits per heavy atom. The summed E-state index contributed by atoms with van der Waals surface area (Å²) in [5, 5.41) is 5.27. The van der Waals surface area contributed by atoms with Gasteiger partial charge in [0.15, 0.2) is 11.5 Å². The summed E-state index contributed by atoms with van der Waals surface area (Å²) in [5.41, 5.74) is 9.75. The second-order valence-corrected chi connectivity index (χ2v) is 10.9. The molecule has 4 aromatic carbocycles. The molecule has 1 heterocycles. The van der Waals surface area contributed by atoms with Crippen LogP contribution in [0.3, 0.4) is 0 Å². The molecule has 0 atom stereocenters. The number of nitrogens with one attached hydrogen (secondary N) is 1. The highest BCUT2D eigenvalue weighted by Gasteiger charge is 2.14. The molecule has 8 heteroatoms. The van der Waals surface area contributed by atoms with Gasteiger partial charge in [0, 0.05) is 38.1 Å². The third-order valence-electron chi connectivity index (χ3n) is 7.04. The summed E-state index contributed by atoms with van der Waals surface area (Å²) < 4.78 is 13.9. The van der Waals surface area contributed by atoms with Gasteiger partial charge in [-0.15, -0.1) is 6.58 Å². The molecule has 0 fully saturated rings. The molecule has 5 rings (SSSR count). The Morgan fingerprint density at radius 2 is 1.73 bits per heavy atom. The van der Waals surface area contributed by atoms with Crippen LogP contribution in [-0.4, -0.2) is 23.8 Å². The van der Waals surface area contributed by atoms with Gasteiger partial charge >= 0.3 is 0 Å². The standard InChI is InChI=1S/C36H31Cl2N3O3/c1-4-8-28-19-25(20-34(43-3)35(28)44-23-29-12-15-30(37)21-32(29)38)22-39-40-36(42)27-13-16-31(17-14-27)41-24(2)11-18-33(41)26-9-6-5-7-10-26/h4-7,9-22H,1,8,23H2,2-3H3,(H,40,42)/b39-22+. The molecule has 222 valence electrons. The van der Waals surface area contributed by atoms with E-state index in [1.54, 1.807) is 49.7 Å². The van der Waals surface area contributed by atoms with Crippen LogP contribution in [0, 0.1) is 6.92 Å². The number of aromatic nitrogens is 1. The van der Waals surface area contributed by atoms with Crippen LogP contribution in [0.15, 0.2) is 115 Å². The number of hydrazone groups is 1. The first-order valence-electron chi connectivity index (χ1n) is 13.9. The minimum Gasteiger partial charge on any atom is -0.493 e. The van der Waals surface area contributed by atoms with Crippen molar-refractivity contribution in [3.05, 3.63) is 148 Å². The van der Waals surface area contributed by atoms with Gasteiger partial charge < -0.3 is 14.0 Å². The van der Waals surface area contributed by atoms with Crippen LogP contribution in [0.1, 0.15) is 32.7 Å². The van der Waals surface area contributed by atoms with Gasteiger partial charge in [0.2, 0.25) is 0 Å². The number of allylic oxidation sites excluding steroid dienone is 1. The smallest absolute Gasteiger partial charge is 0.271 e. The lowest BCUT2D eigenvalue weighted by molar-refractivity contribution is 0.0955. The number of ether oxygens (including phenoxy) is 2. The largest absolute Gasteiger partial charge is 0.493 e. The van der Waals surface area contributed by atoms with Gasteiger partial charge in [-0.3, -0.25) is 4.79 Å². The lowest BCUT2D eigenvalue weighted by Crippen LogP contribution is -2.17. The molecular weight excluding hydrogens is 593 g/mol. The van der Waals surface area contributed by atoms with Crippen LogP contribution in [0.25, 0.3) is 16.9 Å². The Morgan fingerprint density at radius 3 is 2.43 bits per heavy atom. The fourth-order valence-electron chi connectivity index (χ4n) is 4.88. The van der Waals surface area contributed by atoms with Crippen molar-refractivity contribution in [3.63, 3.8) is 0 Å². The molecule has 5 aromatic rings. The molecule has 44 heavy (non-hydrogen) atoms. The summed E-state index contributed by atoms with van der Waals surface area (Å²) in [6.07, 6.45) is 3.88. The summed E-state index contributed by atoms with van der Waals surface area (Å²) in [5.74, 6) is 0.777. The molecular formula is C36H31Cl2N3O3. The van der Waals surface area contributed by atoms with Crippen molar-refractivity contribution in [2.24, 2.45) is 5.10 Å². The highest BCUT2D eigenvalue weighted by molar-refractivity contribution is 6.35. The number of amides is 1. The zero-order valence-corrected chi connectivity index (χ0v) is 25.9. The monoisotopic (exact) mass is 623 g/mol. The first kappa shape index (κ1) is 30.7. The predicted octanol–water partition coefficient (Wildman–Crippen LogP) is 8.84. The number of benzene rings is 4. The van der Waals surface area contributed by atoms with Crippen LogP contribution in [0.5, 0.6) is 11.5 Å². The maximum absolute atomic E-state index is 12.9. The van der Waals surface area contributed by atoms with Crippen LogP contribution < -0.4 is 14.9 Å². The number of carbonyl (C=O) groups excluding carboxylic acids is 1. The summed E-state index contributed by atoms with van der Waals surface area (Å²) in [7, 11) is 1.57. The number of carbonyl (C=O) groups is 1. The molecule has 1 aromatic heterocycles. The Kier molecular flexibility index (Phi) is 9.85. The lowest BCUT2D eigenvalue weighted by Gasteiger charge is -2.16. The van der Waals surface area contributed by atoms with E-state index in [0.29, 0.717) is 33.5 Å². The minimum atomic E-state index is -0.321. The van der Waals surface area contributed by atoms with Crippen molar-refractivity contribution < 1.29 is 14.3 Å². The van der Waals surface area contributed by atoms with Gasteiger partial charge in [-0.05, 0) is 85.1 Å². The van der Waals surface area contributed by atoms with Gasteiger partial charge in [0.25, 0.3) is 5.91 Å². The maximum atomic E-state index is 12.9. The van der Waals surface area contributed by atoms with Crippen LogP contribution >= 0.6 is 23.2 Å². The fourth-order valence-corrected chi connectivity index (χ4v) is 5.34. The van der Waals surface area contributed by atoms with Crippen molar-refractivity contribution in [2.45, 2.75) is 20.0 Å². The van der Waals surface area contributed by atoms with Gasteiger partial charge in [0.1, 0.15) is 6.61 Å². The first-order valence-corrected chi connectivity index (χ1v) is 14.7. The number of methoxy groups -OCH3 is 1. The zero-order chi connectivity index (χ0) is 31.1. The highest BCUT2D eigenvalue weighted by atomic mass is 35.5. The molecule has 0 unspecified atom stereocenters. The molecule has 0 aliphatic rings. The third kappa shape index (κ3) is 7.05. The van der Waals surface area contributed by atoms with E-state index < -0.39 is 0 Å². The summed E-state index contributed by atoms with van der Waals surface area (Å²) in [6.45, 7) is 6.16. The molecule has 0 saturated heterocycles. The third-order valence-corrected chi connectivity index (χ3v) is 7.63. The Hall–Kier alpha value is -4.78. The Bertz CT molecular complexity index is 1810. The summed E-state index contributed by atoms with van der Waals surface area (Å²) in [4.78, 5) is 12.9. The quantitative estimate of drug-likeness (QED) is 0.0908. The van der Waals surface area contributed by atoms with Crippen LogP contribution in [0.4, 0.5) is 0 Å². The molecule has 1 N–H and O–H groups in total. The van der Waals surface area contributed by atoms with Crippen LogP contribution in [0.2, 0.25) is 10.0 Å². The van der Waals surface area contributed by atoms with E-state index in [-0.39, 0.29) is 12.5 Å². The molecule has 0 bridgehead atoms. The van der Waals surface area contributed by atoms with Crippen molar-refractivity contribution in [3.8, 4) is 28.4 Å². The van der Waals surface area contributed by atoms with Crippen LogP contribution in [-0.2, 0) is 13.0 Å². The Balaban J connectivity index is 1.29. The second kappa shape index (κ2) is 14.1. The number of rotatable bonds is 11. The number of nitrogens with zero attached hydrogens (tertiary/aromatic N) is 2. The zero-order valence-electron chi connectivity index (χ0n) is 24.4. The van der Waals surface area contributed by atoms with Gasteiger partial charge in [-0.1, -0.05) is 65.7 Å². The molecule has 0 radical (unpaired) electrons. The van der Waals surface area contributed by atoms with Gasteiger partial charge in [0.05, 0.1) is 19.0 Å². The molecule has 1 amide bonds. The van der Waals surface area contributed by atoms with E-state index in [9.17, 15) is 4.79 Å². The maximum Gasteiger partial charge on any atom is 0.271 e. The topological polar surface area (TPSA) is 64.9 Å². The molecule has 0 aliphatic heterocycles. The summed E-state index contributed by atoms with van der Waals surface area (Å²) in [6, 6.07) is 30.8.